The van der Waals surface area contributed by atoms with E-state index in [1.165, 1.54) is 55.0 Å². The SMILES string of the molecule is CCN(CCSc1ccc(C)cc1)C1CC2CCC(C1)N2. The molecule has 116 valence electrons. The highest BCUT2D eigenvalue weighted by molar-refractivity contribution is 7.99. The van der Waals surface area contributed by atoms with Gasteiger partial charge in [0.2, 0.25) is 0 Å². The van der Waals surface area contributed by atoms with Gasteiger partial charge in [-0.2, -0.15) is 0 Å². The molecule has 2 heterocycles. The molecular weight excluding hydrogens is 276 g/mol. The normalized spacial score (nSPS) is 28.2. The van der Waals surface area contributed by atoms with Crippen LogP contribution in [0, 0.1) is 6.92 Å². The van der Waals surface area contributed by atoms with Gasteiger partial charge in [0.25, 0.3) is 0 Å². The van der Waals surface area contributed by atoms with E-state index in [0.29, 0.717) is 0 Å². The van der Waals surface area contributed by atoms with E-state index in [1.54, 1.807) is 0 Å². The lowest BCUT2D eigenvalue weighted by atomic mass is 9.98. The molecular formula is C18H28N2S. The lowest BCUT2D eigenvalue weighted by Gasteiger charge is -2.37. The Kier molecular flexibility index (Phi) is 5.25. The molecule has 2 saturated heterocycles. The number of hydrogen-bond acceptors (Lipinski definition) is 3. The third kappa shape index (κ3) is 4.02. The molecule has 1 N–H and O–H groups in total. The molecule has 0 amide bonds. The molecule has 2 nitrogen and oxygen atoms in total. The molecule has 2 aliphatic rings. The van der Waals surface area contributed by atoms with Gasteiger partial charge in [0.05, 0.1) is 0 Å². The molecule has 2 bridgehead atoms. The zero-order valence-electron chi connectivity index (χ0n) is 13.3. The van der Waals surface area contributed by atoms with Crippen molar-refractivity contribution in [1.82, 2.24) is 10.2 Å². The molecule has 0 radical (unpaired) electrons. The molecule has 0 aromatic heterocycles. The van der Waals surface area contributed by atoms with Crippen molar-refractivity contribution in [3.05, 3.63) is 29.8 Å². The van der Waals surface area contributed by atoms with Crippen LogP contribution >= 0.6 is 11.8 Å². The lowest BCUT2D eigenvalue weighted by Crippen LogP contribution is -2.48. The summed E-state index contributed by atoms with van der Waals surface area (Å²) < 4.78 is 0. The van der Waals surface area contributed by atoms with Gasteiger partial charge in [-0.1, -0.05) is 24.6 Å². The highest BCUT2D eigenvalue weighted by atomic mass is 32.2. The first kappa shape index (κ1) is 15.4. The Morgan fingerprint density at radius 1 is 1.14 bits per heavy atom. The Bertz CT molecular complexity index is 433. The molecule has 1 aromatic carbocycles. The number of piperidine rings is 1. The van der Waals surface area contributed by atoms with Gasteiger partial charge >= 0.3 is 0 Å². The van der Waals surface area contributed by atoms with E-state index in [2.05, 4.69) is 48.3 Å². The molecule has 3 heteroatoms. The molecule has 0 aliphatic carbocycles. The molecule has 2 fully saturated rings. The second kappa shape index (κ2) is 7.17. The predicted molar refractivity (Wildman–Crippen MR) is 92.1 cm³/mol. The topological polar surface area (TPSA) is 15.3 Å². The van der Waals surface area contributed by atoms with Crippen LogP contribution in [0.5, 0.6) is 0 Å². The van der Waals surface area contributed by atoms with Crippen molar-refractivity contribution in [2.75, 3.05) is 18.8 Å². The first-order chi connectivity index (χ1) is 10.2. The van der Waals surface area contributed by atoms with Crippen molar-refractivity contribution in [3.8, 4) is 0 Å². The van der Waals surface area contributed by atoms with Gasteiger partial charge in [-0.25, -0.2) is 0 Å². The van der Waals surface area contributed by atoms with Crippen LogP contribution < -0.4 is 5.32 Å². The monoisotopic (exact) mass is 304 g/mol. The minimum absolute atomic E-state index is 0.799. The third-order valence-corrected chi connectivity index (χ3v) is 6.03. The number of benzene rings is 1. The summed E-state index contributed by atoms with van der Waals surface area (Å²) in [6, 6.07) is 11.3. The summed E-state index contributed by atoms with van der Waals surface area (Å²) in [4.78, 5) is 4.12. The zero-order valence-corrected chi connectivity index (χ0v) is 14.2. The fraction of sp³-hybridized carbons (Fsp3) is 0.667. The van der Waals surface area contributed by atoms with E-state index < -0.39 is 0 Å². The van der Waals surface area contributed by atoms with Crippen LogP contribution in [0.25, 0.3) is 0 Å². The second-order valence-corrected chi connectivity index (χ2v) is 7.72. The Hall–Kier alpha value is -0.510. The maximum atomic E-state index is 3.75. The maximum absolute atomic E-state index is 3.75. The summed E-state index contributed by atoms with van der Waals surface area (Å²) in [7, 11) is 0. The first-order valence-corrected chi connectivity index (χ1v) is 9.42. The molecule has 2 unspecified atom stereocenters. The van der Waals surface area contributed by atoms with Gasteiger partial charge < -0.3 is 5.32 Å². The number of nitrogens with zero attached hydrogens (tertiary/aromatic N) is 1. The molecule has 0 saturated carbocycles. The van der Waals surface area contributed by atoms with Crippen molar-refractivity contribution in [2.45, 2.75) is 62.6 Å². The zero-order chi connectivity index (χ0) is 14.7. The van der Waals surface area contributed by atoms with Gasteiger partial charge in [-0.3, -0.25) is 4.90 Å². The van der Waals surface area contributed by atoms with Gasteiger partial charge in [-0.05, 0) is 51.3 Å². The van der Waals surface area contributed by atoms with Crippen LogP contribution in [0.1, 0.15) is 38.2 Å². The third-order valence-electron chi connectivity index (χ3n) is 5.04. The van der Waals surface area contributed by atoms with Gasteiger partial charge in [-0.15, -0.1) is 11.8 Å². The summed E-state index contributed by atoms with van der Waals surface area (Å²) in [5, 5.41) is 3.75. The highest BCUT2D eigenvalue weighted by Gasteiger charge is 2.35. The van der Waals surface area contributed by atoms with Crippen molar-refractivity contribution < 1.29 is 0 Å². The number of thioether (sulfide) groups is 1. The predicted octanol–water partition coefficient (Wildman–Crippen LogP) is 3.69. The number of aryl methyl sites for hydroxylation is 1. The minimum Gasteiger partial charge on any atom is -0.311 e. The molecule has 1 aromatic rings. The number of hydrogen-bond donors (Lipinski definition) is 1. The van der Waals surface area contributed by atoms with Crippen LogP contribution in [-0.4, -0.2) is 41.9 Å². The van der Waals surface area contributed by atoms with Gasteiger partial charge in [0.1, 0.15) is 0 Å². The minimum atomic E-state index is 0.799. The fourth-order valence-electron chi connectivity index (χ4n) is 3.84. The van der Waals surface area contributed by atoms with Gasteiger partial charge in [0, 0.05) is 35.3 Å². The van der Waals surface area contributed by atoms with Crippen molar-refractivity contribution in [2.24, 2.45) is 0 Å². The van der Waals surface area contributed by atoms with E-state index in [4.69, 9.17) is 0 Å². The maximum Gasteiger partial charge on any atom is 0.0125 e. The smallest absolute Gasteiger partial charge is 0.0125 e. The molecule has 2 aliphatic heterocycles. The van der Waals surface area contributed by atoms with E-state index in [0.717, 1.165) is 18.1 Å². The Morgan fingerprint density at radius 2 is 1.81 bits per heavy atom. The van der Waals surface area contributed by atoms with Crippen LogP contribution in [-0.2, 0) is 0 Å². The average Bonchev–Trinajstić information content (AvgIpc) is 2.84. The van der Waals surface area contributed by atoms with Crippen LogP contribution in [0.3, 0.4) is 0 Å². The van der Waals surface area contributed by atoms with E-state index in [-0.39, 0.29) is 0 Å². The van der Waals surface area contributed by atoms with E-state index in [1.807, 2.05) is 11.8 Å². The molecule has 0 spiro atoms. The standard InChI is InChI=1S/C18H28N2S/c1-3-20(17-12-15-6-7-16(13-17)19-15)10-11-21-18-8-4-14(2)5-9-18/h4-5,8-9,15-17,19H,3,6-7,10-13H2,1-2H3. The number of nitrogens with one attached hydrogen (secondary N) is 1. The first-order valence-electron chi connectivity index (χ1n) is 8.44. The van der Waals surface area contributed by atoms with Crippen molar-refractivity contribution in [1.29, 1.82) is 0 Å². The van der Waals surface area contributed by atoms with Crippen molar-refractivity contribution in [3.63, 3.8) is 0 Å². The van der Waals surface area contributed by atoms with Crippen LogP contribution in [0.2, 0.25) is 0 Å². The van der Waals surface area contributed by atoms with Crippen molar-refractivity contribution >= 4 is 11.8 Å². The Labute approximate surface area is 133 Å². The van der Waals surface area contributed by atoms with E-state index in [9.17, 15) is 0 Å². The van der Waals surface area contributed by atoms with E-state index >= 15 is 0 Å². The summed E-state index contributed by atoms with van der Waals surface area (Å²) in [6.45, 7) is 6.89. The molecule has 3 rings (SSSR count). The summed E-state index contributed by atoms with van der Waals surface area (Å²) in [5.41, 5.74) is 1.35. The highest BCUT2D eigenvalue weighted by Crippen LogP contribution is 2.30. The second-order valence-electron chi connectivity index (χ2n) is 6.55. The number of fused-ring (bicyclic) bond motifs is 2. The Balaban J connectivity index is 1.47. The largest absolute Gasteiger partial charge is 0.311 e. The van der Waals surface area contributed by atoms with Crippen LogP contribution in [0.15, 0.2) is 29.2 Å². The summed E-state index contributed by atoms with van der Waals surface area (Å²) in [6.07, 6.45) is 5.52. The lowest BCUT2D eigenvalue weighted by molar-refractivity contribution is 0.156. The quantitative estimate of drug-likeness (QED) is 0.807. The van der Waals surface area contributed by atoms with Gasteiger partial charge in [0.15, 0.2) is 0 Å². The van der Waals surface area contributed by atoms with Crippen LogP contribution in [0.4, 0.5) is 0 Å². The molecule has 21 heavy (non-hydrogen) atoms. The molecule has 2 atom stereocenters. The summed E-state index contributed by atoms with van der Waals surface area (Å²) in [5.74, 6) is 1.20. The Morgan fingerprint density at radius 3 is 2.43 bits per heavy atom. The summed E-state index contributed by atoms with van der Waals surface area (Å²) >= 11 is 2.00. The fourth-order valence-corrected chi connectivity index (χ4v) is 4.73. The number of rotatable bonds is 6. The average molecular weight is 305 g/mol.